The van der Waals surface area contributed by atoms with E-state index in [1.807, 2.05) is 0 Å². The fourth-order valence-electron chi connectivity index (χ4n) is 1.70. The SMILES string of the molecule is C1PCC2CC1C2. The molecular formula is C6H11P. The molecule has 1 heteroatoms. The quantitative estimate of drug-likeness (QED) is 0.420. The summed E-state index contributed by atoms with van der Waals surface area (Å²) >= 11 is 0. The molecule has 0 aromatic rings. The van der Waals surface area contributed by atoms with Crippen LogP contribution in [-0.2, 0) is 0 Å². The van der Waals surface area contributed by atoms with Crippen LogP contribution in [0.5, 0.6) is 0 Å². The van der Waals surface area contributed by atoms with Crippen LogP contribution in [0.1, 0.15) is 12.8 Å². The van der Waals surface area contributed by atoms with E-state index in [1.54, 1.807) is 25.2 Å². The number of hydrogen-bond donors (Lipinski definition) is 0. The maximum atomic E-state index is 1.59. The highest BCUT2D eigenvalue weighted by Crippen LogP contribution is 2.45. The van der Waals surface area contributed by atoms with Gasteiger partial charge in [0.05, 0.1) is 0 Å². The second kappa shape index (κ2) is 1.45. The van der Waals surface area contributed by atoms with Crippen molar-refractivity contribution >= 4 is 8.58 Å². The second-order valence-corrected chi connectivity index (χ2v) is 4.18. The van der Waals surface area contributed by atoms with Crippen LogP contribution in [0, 0.1) is 11.8 Å². The lowest BCUT2D eigenvalue weighted by molar-refractivity contribution is 0.228. The molecule has 0 aromatic carbocycles. The van der Waals surface area contributed by atoms with E-state index in [9.17, 15) is 0 Å². The summed E-state index contributed by atoms with van der Waals surface area (Å²) in [5.41, 5.74) is 0. The fraction of sp³-hybridized carbons (Fsp3) is 1.00. The third-order valence-corrected chi connectivity index (χ3v) is 3.93. The van der Waals surface area contributed by atoms with E-state index in [1.165, 1.54) is 20.4 Å². The molecule has 0 nitrogen and oxygen atoms in total. The van der Waals surface area contributed by atoms with E-state index in [-0.39, 0.29) is 0 Å². The van der Waals surface area contributed by atoms with E-state index in [4.69, 9.17) is 0 Å². The van der Waals surface area contributed by atoms with E-state index in [0.717, 1.165) is 0 Å². The van der Waals surface area contributed by atoms with E-state index in [0.29, 0.717) is 0 Å². The van der Waals surface area contributed by atoms with Crippen molar-refractivity contribution in [3.8, 4) is 0 Å². The zero-order valence-electron chi connectivity index (χ0n) is 4.48. The van der Waals surface area contributed by atoms with E-state index in [2.05, 4.69) is 0 Å². The third-order valence-electron chi connectivity index (χ3n) is 2.20. The predicted molar refractivity (Wildman–Crippen MR) is 34.3 cm³/mol. The summed E-state index contributed by atoms with van der Waals surface area (Å²) in [4.78, 5) is 0. The van der Waals surface area contributed by atoms with E-state index >= 15 is 0 Å². The molecule has 2 saturated heterocycles. The van der Waals surface area contributed by atoms with Gasteiger partial charge in [-0.15, -0.1) is 8.58 Å². The number of rotatable bonds is 0. The Labute approximate surface area is 46.5 Å². The van der Waals surface area contributed by atoms with Crippen molar-refractivity contribution in [3.63, 3.8) is 0 Å². The Balaban J connectivity index is 1.99. The minimum atomic E-state index is 1.19. The standard InChI is InChI=1S/C6H11P/c1-5-2-6(1)4-7-3-5/h5-7H,1-4H2. The van der Waals surface area contributed by atoms with Gasteiger partial charge in [0, 0.05) is 0 Å². The van der Waals surface area contributed by atoms with Gasteiger partial charge in [-0.2, -0.15) is 0 Å². The van der Waals surface area contributed by atoms with Crippen LogP contribution in [0.4, 0.5) is 0 Å². The molecule has 3 fully saturated rings. The number of fused-ring (bicyclic) bond motifs is 2. The molecule has 3 aliphatic rings. The monoisotopic (exact) mass is 114 g/mol. The Morgan fingerprint density at radius 1 is 1.00 bits per heavy atom. The molecule has 0 radical (unpaired) electrons. The van der Waals surface area contributed by atoms with Crippen molar-refractivity contribution in [1.29, 1.82) is 0 Å². The average molecular weight is 114 g/mol. The Bertz CT molecular complexity index is 60.7. The summed E-state index contributed by atoms with van der Waals surface area (Å²) in [7, 11) is 1.33. The molecule has 0 spiro atoms. The molecule has 0 atom stereocenters. The zero-order valence-corrected chi connectivity index (χ0v) is 5.48. The molecule has 2 bridgehead atoms. The Kier molecular flexibility index (Phi) is 0.896. The first-order valence-corrected chi connectivity index (χ1v) is 4.57. The molecule has 7 heavy (non-hydrogen) atoms. The smallest absolute Gasteiger partial charge is 0.0325 e. The van der Waals surface area contributed by atoms with Gasteiger partial charge in [0.25, 0.3) is 0 Å². The van der Waals surface area contributed by atoms with Crippen LogP contribution in [0.2, 0.25) is 0 Å². The summed E-state index contributed by atoms with van der Waals surface area (Å²) in [6, 6.07) is 0. The first kappa shape index (κ1) is 4.32. The van der Waals surface area contributed by atoms with Gasteiger partial charge < -0.3 is 0 Å². The van der Waals surface area contributed by atoms with Gasteiger partial charge in [0.1, 0.15) is 0 Å². The molecule has 2 heterocycles. The summed E-state index contributed by atoms with van der Waals surface area (Å²) in [5.74, 6) is 2.38. The molecule has 1 aliphatic carbocycles. The minimum absolute atomic E-state index is 1.19. The van der Waals surface area contributed by atoms with Crippen LogP contribution in [0.25, 0.3) is 0 Å². The van der Waals surface area contributed by atoms with Gasteiger partial charge in [-0.25, -0.2) is 0 Å². The summed E-state index contributed by atoms with van der Waals surface area (Å²) in [6.07, 6.45) is 6.34. The van der Waals surface area contributed by atoms with Crippen LogP contribution in [-0.4, -0.2) is 12.3 Å². The van der Waals surface area contributed by atoms with E-state index < -0.39 is 0 Å². The summed E-state index contributed by atoms with van der Waals surface area (Å²) in [5, 5.41) is 0. The lowest BCUT2D eigenvalue weighted by atomic mass is 9.77. The zero-order chi connectivity index (χ0) is 4.69. The molecule has 0 amide bonds. The molecule has 0 N–H and O–H groups in total. The Hall–Kier alpha value is 0.430. The molecule has 0 aromatic heterocycles. The van der Waals surface area contributed by atoms with Crippen LogP contribution in [0.3, 0.4) is 0 Å². The summed E-state index contributed by atoms with van der Waals surface area (Å²) < 4.78 is 0. The lowest BCUT2D eigenvalue weighted by Crippen LogP contribution is -2.31. The van der Waals surface area contributed by atoms with Gasteiger partial charge in [0.2, 0.25) is 0 Å². The van der Waals surface area contributed by atoms with Gasteiger partial charge in [-0.3, -0.25) is 0 Å². The van der Waals surface area contributed by atoms with Crippen molar-refractivity contribution in [2.24, 2.45) is 11.8 Å². The number of hydrogen-bond acceptors (Lipinski definition) is 0. The van der Waals surface area contributed by atoms with Crippen LogP contribution in [0.15, 0.2) is 0 Å². The summed E-state index contributed by atoms with van der Waals surface area (Å²) in [6.45, 7) is 0. The van der Waals surface area contributed by atoms with Crippen LogP contribution < -0.4 is 0 Å². The normalized spacial score (nSPS) is 51.4. The molecule has 40 valence electrons. The van der Waals surface area contributed by atoms with Gasteiger partial charge in [0.15, 0.2) is 0 Å². The first-order valence-electron chi connectivity index (χ1n) is 3.16. The highest BCUT2D eigenvalue weighted by Gasteiger charge is 2.32. The van der Waals surface area contributed by atoms with Gasteiger partial charge in [-0.05, 0) is 37.0 Å². The minimum Gasteiger partial charge on any atom is -0.122 e. The lowest BCUT2D eigenvalue weighted by Gasteiger charge is -2.40. The molecule has 2 aliphatic heterocycles. The highest BCUT2D eigenvalue weighted by molar-refractivity contribution is 7.38. The maximum Gasteiger partial charge on any atom is -0.0325 e. The maximum absolute atomic E-state index is 1.59. The van der Waals surface area contributed by atoms with Gasteiger partial charge >= 0.3 is 0 Å². The van der Waals surface area contributed by atoms with Crippen molar-refractivity contribution in [3.05, 3.63) is 0 Å². The van der Waals surface area contributed by atoms with Crippen LogP contribution >= 0.6 is 8.58 Å². The van der Waals surface area contributed by atoms with Crippen molar-refractivity contribution < 1.29 is 0 Å². The third kappa shape index (κ3) is 0.606. The molecule has 3 rings (SSSR count). The second-order valence-electron chi connectivity index (χ2n) is 2.86. The predicted octanol–water partition coefficient (Wildman–Crippen LogP) is 1.70. The molecule has 0 unspecified atom stereocenters. The fourth-order valence-corrected chi connectivity index (χ4v) is 3.35. The molecular weight excluding hydrogens is 103 g/mol. The average Bonchev–Trinajstić information content (AvgIpc) is 1.67. The first-order chi connectivity index (χ1) is 3.45. The van der Waals surface area contributed by atoms with Crippen molar-refractivity contribution in [1.82, 2.24) is 0 Å². The van der Waals surface area contributed by atoms with Crippen molar-refractivity contribution in [2.45, 2.75) is 12.8 Å². The molecule has 1 saturated carbocycles. The topological polar surface area (TPSA) is 0 Å². The largest absolute Gasteiger partial charge is 0.122 e. The Morgan fingerprint density at radius 3 is 1.71 bits per heavy atom. The van der Waals surface area contributed by atoms with Crippen molar-refractivity contribution in [2.75, 3.05) is 12.3 Å². The highest BCUT2D eigenvalue weighted by atomic mass is 31.1. The van der Waals surface area contributed by atoms with Gasteiger partial charge in [-0.1, -0.05) is 0 Å². The Morgan fingerprint density at radius 2 is 1.57 bits per heavy atom.